The minimum Gasteiger partial charge on any atom is -0.385 e. The number of imidazole rings is 1. The Balaban J connectivity index is 2.20. The van der Waals surface area contributed by atoms with E-state index in [2.05, 4.69) is 15.7 Å². The van der Waals surface area contributed by atoms with Crippen LogP contribution in [-0.2, 0) is 11.3 Å². The van der Waals surface area contributed by atoms with Crippen molar-refractivity contribution in [2.24, 2.45) is 0 Å². The number of hydrogen-bond donors (Lipinski definition) is 0. The molecular formula is C9H15N2O. The standard InChI is InChI=1S/C9H15N2O/c1-9-10-5-7-11(9)6-3-4-8-12-2/h7H,3-4,6,8H2,1-2H3. The molecule has 67 valence electrons. The Labute approximate surface area is 73.4 Å². The van der Waals surface area contributed by atoms with Gasteiger partial charge in [0, 0.05) is 26.5 Å². The number of aryl methyl sites for hydroxylation is 2. The van der Waals surface area contributed by atoms with Crippen LogP contribution in [0.2, 0.25) is 0 Å². The molecule has 0 aliphatic rings. The zero-order valence-corrected chi connectivity index (χ0v) is 7.71. The highest BCUT2D eigenvalue weighted by molar-refractivity contribution is 4.86. The van der Waals surface area contributed by atoms with Crippen LogP contribution in [0.25, 0.3) is 0 Å². The highest BCUT2D eigenvalue weighted by Gasteiger charge is 1.95. The van der Waals surface area contributed by atoms with Crippen molar-refractivity contribution in [3.8, 4) is 0 Å². The van der Waals surface area contributed by atoms with Crippen molar-refractivity contribution in [3.63, 3.8) is 0 Å². The molecular weight excluding hydrogens is 152 g/mol. The summed E-state index contributed by atoms with van der Waals surface area (Å²) < 4.78 is 7.07. The molecule has 1 radical (unpaired) electrons. The largest absolute Gasteiger partial charge is 0.385 e. The number of nitrogens with zero attached hydrogens (tertiary/aromatic N) is 2. The summed E-state index contributed by atoms with van der Waals surface area (Å²) in [4.78, 5) is 4.02. The molecule has 0 unspecified atom stereocenters. The molecule has 12 heavy (non-hydrogen) atoms. The molecule has 0 aliphatic heterocycles. The number of ether oxygens (including phenoxy) is 1. The average Bonchev–Trinajstić information content (AvgIpc) is 2.46. The lowest BCUT2D eigenvalue weighted by molar-refractivity contribution is 0.191. The maximum absolute atomic E-state index is 4.96. The van der Waals surface area contributed by atoms with E-state index in [1.165, 1.54) is 0 Å². The molecule has 0 aromatic carbocycles. The highest BCUT2D eigenvalue weighted by atomic mass is 16.5. The summed E-state index contributed by atoms with van der Waals surface area (Å²) in [5, 5.41) is 0. The van der Waals surface area contributed by atoms with E-state index in [-0.39, 0.29) is 0 Å². The summed E-state index contributed by atoms with van der Waals surface area (Å²) >= 11 is 0. The Morgan fingerprint density at radius 2 is 2.42 bits per heavy atom. The van der Waals surface area contributed by atoms with Crippen molar-refractivity contribution in [2.75, 3.05) is 13.7 Å². The summed E-state index contributed by atoms with van der Waals surface area (Å²) in [5.74, 6) is 1.03. The van der Waals surface area contributed by atoms with Gasteiger partial charge in [0.1, 0.15) is 12.0 Å². The van der Waals surface area contributed by atoms with E-state index >= 15 is 0 Å². The van der Waals surface area contributed by atoms with E-state index < -0.39 is 0 Å². The lowest BCUT2D eigenvalue weighted by atomic mass is 10.3. The van der Waals surface area contributed by atoms with Gasteiger partial charge in [-0.25, -0.2) is 4.98 Å². The number of unbranched alkanes of at least 4 members (excludes halogenated alkanes) is 1. The monoisotopic (exact) mass is 167 g/mol. The van der Waals surface area contributed by atoms with Crippen LogP contribution < -0.4 is 0 Å². The second-order valence-corrected chi connectivity index (χ2v) is 2.81. The predicted molar refractivity (Wildman–Crippen MR) is 46.9 cm³/mol. The van der Waals surface area contributed by atoms with Crippen LogP contribution in [-0.4, -0.2) is 23.3 Å². The molecule has 0 atom stereocenters. The molecule has 0 amide bonds. The van der Waals surface area contributed by atoms with Gasteiger partial charge in [-0.05, 0) is 19.8 Å². The summed E-state index contributed by atoms with van der Waals surface area (Å²) in [5.41, 5.74) is 0. The van der Waals surface area contributed by atoms with E-state index in [4.69, 9.17) is 4.74 Å². The Morgan fingerprint density at radius 3 is 3.00 bits per heavy atom. The maximum Gasteiger partial charge on any atom is 0.109 e. The molecule has 1 aromatic rings. The van der Waals surface area contributed by atoms with Crippen LogP contribution in [0, 0.1) is 13.1 Å². The van der Waals surface area contributed by atoms with Crippen LogP contribution in [0.1, 0.15) is 18.7 Å². The van der Waals surface area contributed by atoms with Crippen molar-refractivity contribution in [1.29, 1.82) is 0 Å². The van der Waals surface area contributed by atoms with Gasteiger partial charge in [-0.1, -0.05) is 0 Å². The van der Waals surface area contributed by atoms with E-state index in [9.17, 15) is 0 Å². The van der Waals surface area contributed by atoms with E-state index in [1.54, 1.807) is 7.11 Å². The topological polar surface area (TPSA) is 27.1 Å². The van der Waals surface area contributed by atoms with Gasteiger partial charge in [0.15, 0.2) is 0 Å². The van der Waals surface area contributed by atoms with Crippen molar-refractivity contribution < 1.29 is 4.74 Å². The normalized spacial score (nSPS) is 10.5. The van der Waals surface area contributed by atoms with Crippen molar-refractivity contribution in [2.45, 2.75) is 26.3 Å². The van der Waals surface area contributed by atoms with Gasteiger partial charge in [-0.15, -0.1) is 0 Å². The maximum atomic E-state index is 4.96. The first kappa shape index (κ1) is 9.26. The van der Waals surface area contributed by atoms with Gasteiger partial charge in [0.05, 0.1) is 0 Å². The molecule has 0 spiro atoms. The predicted octanol–water partition coefficient (Wildman–Crippen LogP) is 1.42. The lowest BCUT2D eigenvalue weighted by Gasteiger charge is -2.03. The third-order valence-corrected chi connectivity index (χ3v) is 1.85. The molecule has 1 rings (SSSR count). The molecule has 1 aromatic heterocycles. The van der Waals surface area contributed by atoms with Gasteiger partial charge in [-0.2, -0.15) is 0 Å². The fourth-order valence-corrected chi connectivity index (χ4v) is 1.10. The first-order chi connectivity index (χ1) is 5.84. The molecule has 1 heterocycles. The Morgan fingerprint density at radius 1 is 1.58 bits per heavy atom. The summed E-state index contributed by atoms with van der Waals surface area (Å²) in [6.07, 6.45) is 6.95. The quantitative estimate of drug-likeness (QED) is 0.620. The lowest BCUT2D eigenvalue weighted by Crippen LogP contribution is -2.00. The van der Waals surface area contributed by atoms with Crippen molar-refractivity contribution in [1.82, 2.24) is 9.55 Å². The van der Waals surface area contributed by atoms with E-state index in [1.807, 2.05) is 13.1 Å². The van der Waals surface area contributed by atoms with E-state index in [0.29, 0.717) is 0 Å². The third kappa shape index (κ3) is 2.66. The first-order valence-electron chi connectivity index (χ1n) is 4.23. The Bertz CT molecular complexity index is 220. The van der Waals surface area contributed by atoms with E-state index in [0.717, 1.165) is 31.8 Å². The Hall–Kier alpha value is -0.830. The van der Waals surface area contributed by atoms with Crippen LogP contribution in [0.3, 0.4) is 0 Å². The minimum atomic E-state index is 0.845. The minimum absolute atomic E-state index is 0.845. The fraction of sp³-hybridized carbons (Fsp3) is 0.667. The van der Waals surface area contributed by atoms with Gasteiger partial charge in [0.25, 0.3) is 0 Å². The zero-order chi connectivity index (χ0) is 8.81. The molecule has 3 nitrogen and oxygen atoms in total. The average molecular weight is 167 g/mol. The van der Waals surface area contributed by atoms with Gasteiger partial charge < -0.3 is 9.30 Å². The number of methoxy groups -OCH3 is 1. The van der Waals surface area contributed by atoms with Gasteiger partial charge in [0.2, 0.25) is 0 Å². The van der Waals surface area contributed by atoms with Crippen LogP contribution in [0.5, 0.6) is 0 Å². The van der Waals surface area contributed by atoms with Crippen molar-refractivity contribution >= 4 is 0 Å². The fourth-order valence-electron chi connectivity index (χ4n) is 1.10. The molecule has 0 bridgehead atoms. The third-order valence-electron chi connectivity index (χ3n) is 1.85. The number of hydrogen-bond acceptors (Lipinski definition) is 2. The SMILES string of the molecule is COCCCCn1c[c]nc1C. The second kappa shape index (κ2) is 4.93. The summed E-state index contributed by atoms with van der Waals surface area (Å²) in [6.45, 7) is 3.86. The van der Waals surface area contributed by atoms with Crippen LogP contribution >= 0.6 is 0 Å². The first-order valence-corrected chi connectivity index (χ1v) is 4.23. The van der Waals surface area contributed by atoms with Gasteiger partial charge in [-0.3, -0.25) is 0 Å². The van der Waals surface area contributed by atoms with Gasteiger partial charge >= 0.3 is 0 Å². The molecule has 0 saturated carbocycles. The highest BCUT2D eigenvalue weighted by Crippen LogP contribution is 1.99. The molecule has 0 saturated heterocycles. The summed E-state index contributed by atoms with van der Waals surface area (Å²) in [7, 11) is 1.73. The zero-order valence-electron chi connectivity index (χ0n) is 7.71. The van der Waals surface area contributed by atoms with Crippen molar-refractivity contribution in [3.05, 3.63) is 18.2 Å². The molecule has 0 fully saturated rings. The molecule has 0 N–H and O–H groups in total. The second-order valence-electron chi connectivity index (χ2n) is 2.81. The molecule has 3 heteroatoms. The van der Waals surface area contributed by atoms with Crippen LogP contribution in [0.4, 0.5) is 0 Å². The Kier molecular flexibility index (Phi) is 3.80. The molecule has 0 aliphatic carbocycles. The smallest absolute Gasteiger partial charge is 0.109 e. The van der Waals surface area contributed by atoms with Crippen LogP contribution in [0.15, 0.2) is 6.20 Å². The number of rotatable bonds is 5. The number of aromatic nitrogens is 2. The summed E-state index contributed by atoms with van der Waals surface area (Å²) in [6, 6.07) is 0.